The molecule has 0 amide bonds. The molecule has 3 fully saturated rings. The highest BCUT2D eigenvalue weighted by Gasteiger charge is 2.59. The summed E-state index contributed by atoms with van der Waals surface area (Å²) in [7, 11) is 0. The van der Waals surface area contributed by atoms with Gasteiger partial charge in [0.2, 0.25) is 0 Å². The highest BCUT2D eigenvalue weighted by atomic mass is 16.5. The fourth-order valence-electron chi connectivity index (χ4n) is 6.72. The van der Waals surface area contributed by atoms with Crippen LogP contribution in [0, 0.1) is 34.5 Å². The molecule has 0 radical (unpaired) electrons. The topological polar surface area (TPSA) is 43.4 Å². The molecule has 0 aromatic carbocycles. The third-order valence-corrected chi connectivity index (χ3v) is 8.09. The quantitative estimate of drug-likeness (QED) is 0.573. The largest absolute Gasteiger partial charge is 0.460 e. The van der Waals surface area contributed by atoms with Crippen LogP contribution in [0.3, 0.4) is 0 Å². The average molecular weight is 316 g/mol. The van der Waals surface area contributed by atoms with E-state index in [4.69, 9.17) is 4.74 Å². The lowest BCUT2D eigenvalue weighted by atomic mass is 9.46. The van der Waals surface area contributed by atoms with Gasteiger partial charge in [-0.25, -0.2) is 0 Å². The van der Waals surface area contributed by atoms with Crippen molar-refractivity contribution in [2.45, 2.75) is 64.9 Å². The summed E-state index contributed by atoms with van der Waals surface area (Å²) in [5, 5.41) is 0. The van der Waals surface area contributed by atoms with E-state index in [-0.39, 0.29) is 16.9 Å². The van der Waals surface area contributed by atoms with Crippen LogP contribution in [0.25, 0.3) is 0 Å². The van der Waals surface area contributed by atoms with E-state index < -0.39 is 0 Å². The second-order valence-electron chi connectivity index (χ2n) is 8.80. The van der Waals surface area contributed by atoms with E-state index >= 15 is 0 Å². The standard InChI is InChI=1S/C20H28O3/c1-19-9-7-14(23-12-21)11-13(19)3-4-15-16-5-6-18(22)20(16,2)10-8-17(15)19/h7,9,12-17H,3-6,8,10-11H2,1-2H3/t13?,14?,15-,16-,17+,19-,20-/m0/s1. The molecule has 0 saturated heterocycles. The molecule has 3 saturated carbocycles. The molecule has 0 aromatic heterocycles. The molecule has 0 aliphatic heterocycles. The monoisotopic (exact) mass is 316 g/mol. The molecular weight excluding hydrogens is 288 g/mol. The van der Waals surface area contributed by atoms with Gasteiger partial charge in [-0.2, -0.15) is 0 Å². The fourth-order valence-corrected chi connectivity index (χ4v) is 6.72. The molecule has 126 valence electrons. The fraction of sp³-hybridized carbons (Fsp3) is 0.800. The molecule has 23 heavy (non-hydrogen) atoms. The van der Waals surface area contributed by atoms with Crippen molar-refractivity contribution in [1.82, 2.24) is 0 Å². The summed E-state index contributed by atoms with van der Waals surface area (Å²) in [6.45, 7) is 5.24. The van der Waals surface area contributed by atoms with Gasteiger partial charge in [0.05, 0.1) is 0 Å². The third-order valence-electron chi connectivity index (χ3n) is 8.09. The van der Waals surface area contributed by atoms with Crippen LogP contribution in [-0.2, 0) is 14.3 Å². The zero-order valence-electron chi connectivity index (χ0n) is 14.3. The van der Waals surface area contributed by atoms with E-state index in [1.54, 1.807) is 0 Å². The minimum atomic E-state index is -0.0379. The second-order valence-corrected chi connectivity index (χ2v) is 8.80. The van der Waals surface area contributed by atoms with Crippen molar-refractivity contribution < 1.29 is 14.3 Å². The van der Waals surface area contributed by atoms with Gasteiger partial charge in [0.25, 0.3) is 6.47 Å². The Hall–Kier alpha value is -1.12. The van der Waals surface area contributed by atoms with Gasteiger partial charge in [-0.05, 0) is 73.7 Å². The van der Waals surface area contributed by atoms with E-state index in [2.05, 4.69) is 26.0 Å². The Balaban J connectivity index is 1.62. The average Bonchev–Trinajstić information content (AvgIpc) is 2.84. The minimum Gasteiger partial charge on any atom is -0.460 e. The van der Waals surface area contributed by atoms with Gasteiger partial charge in [-0.15, -0.1) is 0 Å². The van der Waals surface area contributed by atoms with Gasteiger partial charge in [-0.1, -0.05) is 19.9 Å². The molecule has 3 heteroatoms. The van der Waals surface area contributed by atoms with Crippen molar-refractivity contribution in [2.24, 2.45) is 34.5 Å². The van der Waals surface area contributed by atoms with Gasteiger partial charge in [0, 0.05) is 11.8 Å². The van der Waals surface area contributed by atoms with E-state index in [0.717, 1.165) is 25.7 Å². The van der Waals surface area contributed by atoms with Gasteiger partial charge in [0.15, 0.2) is 0 Å². The highest BCUT2D eigenvalue weighted by molar-refractivity contribution is 5.87. The Bertz CT molecular complexity index is 553. The van der Waals surface area contributed by atoms with E-state index in [0.29, 0.717) is 35.9 Å². The molecule has 0 heterocycles. The van der Waals surface area contributed by atoms with Gasteiger partial charge in [-0.3, -0.25) is 9.59 Å². The molecule has 0 N–H and O–H groups in total. The van der Waals surface area contributed by atoms with Crippen LogP contribution >= 0.6 is 0 Å². The maximum atomic E-state index is 12.4. The molecule has 7 atom stereocenters. The lowest BCUT2D eigenvalue weighted by Gasteiger charge is -2.58. The Morgan fingerprint density at radius 1 is 1.17 bits per heavy atom. The van der Waals surface area contributed by atoms with Gasteiger partial charge in [0.1, 0.15) is 11.9 Å². The first kappa shape index (κ1) is 15.4. The maximum absolute atomic E-state index is 12.4. The first-order chi connectivity index (χ1) is 11.0. The smallest absolute Gasteiger partial charge is 0.293 e. The number of ether oxygens (including phenoxy) is 1. The second kappa shape index (κ2) is 5.19. The van der Waals surface area contributed by atoms with Crippen LogP contribution in [0.15, 0.2) is 12.2 Å². The minimum absolute atomic E-state index is 0.0358. The van der Waals surface area contributed by atoms with Crippen LogP contribution in [0.2, 0.25) is 0 Å². The summed E-state index contributed by atoms with van der Waals surface area (Å²) < 4.78 is 5.20. The molecule has 0 bridgehead atoms. The van der Waals surface area contributed by atoms with Crippen LogP contribution in [0.4, 0.5) is 0 Å². The van der Waals surface area contributed by atoms with Crippen molar-refractivity contribution in [3.63, 3.8) is 0 Å². The summed E-state index contributed by atoms with van der Waals surface area (Å²) in [5.74, 6) is 3.13. The number of ketones is 1. The molecule has 3 nitrogen and oxygen atoms in total. The van der Waals surface area contributed by atoms with Crippen molar-refractivity contribution in [3.8, 4) is 0 Å². The van der Waals surface area contributed by atoms with Crippen LogP contribution in [0.1, 0.15) is 58.8 Å². The predicted molar refractivity (Wildman–Crippen MR) is 87.6 cm³/mol. The van der Waals surface area contributed by atoms with Crippen molar-refractivity contribution in [1.29, 1.82) is 0 Å². The predicted octanol–water partition coefficient (Wildman–Crippen LogP) is 3.92. The van der Waals surface area contributed by atoms with E-state index in [1.807, 2.05) is 0 Å². The number of rotatable bonds is 2. The van der Waals surface area contributed by atoms with Gasteiger partial charge >= 0.3 is 0 Å². The first-order valence-corrected chi connectivity index (χ1v) is 9.31. The number of allylic oxidation sites excluding steroid dienone is 1. The Labute approximate surface area is 138 Å². The molecule has 0 spiro atoms. The van der Waals surface area contributed by atoms with Crippen molar-refractivity contribution in [3.05, 3.63) is 12.2 Å². The summed E-state index contributed by atoms with van der Waals surface area (Å²) in [6.07, 6.45) is 12.0. The molecule has 0 aromatic rings. The molecule has 4 rings (SSSR count). The number of carbonyl (C=O) groups excluding carboxylic acids is 2. The number of fused-ring (bicyclic) bond motifs is 5. The normalized spacial score (nSPS) is 51.6. The van der Waals surface area contributed by atoms with E-state index in [9.17, 15) is 9.59 Å². The summed E-state index contributed by atoms with van der Waals surface area (Å²) in [6, 6.07) is 0. The van der Waals surface area contributed by atoms with E-state index in [1.165, 1.54) is 19.3 Å². The summed E-state index contributed by atoms with van der Waals surface area (Å²) >= 11 is 0. The Kier molecular flexibility index (Phi) is 3.48. The lowest BCUT2D eigenvalue weighted by molar-refractivity contribution is -0.137. The van der Waals surface area contributed by atoms with Crippen LogP contribution in [0.5, 0.6) is 0 Å². The summed E-state index contributed by atoms with van der Waals surface area (Å²) in [4.78, 5) is 23.1. The van der Waals surface area contributed by atoms with Crippen LogP contribution in [-0.4, -0.2) is 18.4 Å². The zero-order valence-corrected chi connectivity index (χ0v) is 14.3. The molecular formula is C20H28O3. The number of carbonyl (C=O) groups is 2. The zero-order chi connectivity index (χ0) is 16.2. The molecule has 2 unspecified atom stereocenters. The lowest BCUT2D eigenvalue weighted by Crippen LogP contribution is -2.52. The SMILES string of the molecule is C[C@]12C=CC(OC=O)CC1CC[C@@H]1[C@H]2CC[C@]2(C)C(=O)CC[C@@H]12. The molecule has 4 aliphatic rings. The Morgan fingerprint density at radius 3 is 2.78 bits per heavy atom. The summed E-state index contributed by atoms with van der Waals surface area (Å²) in [5.41, 5.74) is 0.185. The maximum Gasteiger partial charge on any atom is 0.293 e. The third kappa shape index (κ3) is 2.08. The van der Waals surface area contributed by atoms with Crippen molar-refractivity contribution in [2.75, 3.05) is 0 Å². The number of Topliss-reactive ketones (excluding diaryl/α,β-unsaturated/α-hetero) is 1. The Morgan fingerprint density at radius 2 is 2.00 bits per heavy atom. The van der Waals surface area contributed by atoms with Crippen LogP contribution < -0.4 is 0 Å². The molecule has 4 aliphatic carbocycles. The highest BCUT2D eigenvalue weighted by Crippen LogP contribution is 2.64. The first-order valence-electron chi connectivity index (χ1n) is 9.31. The van der Waals surface area contributed by atoms with Crippen molar-refractivity contribution >= 4 is 12.3 Å². The number of hydrogen-bond acceptors (Lipinski definition) is 3. The van der Waals surface area contributed by atoms with Gasteiger partial charge < -0.3 is 4.74 Å². The number of hydrogen-bond donors (Lipinski definition) is 0.